The van der Waals surface area contributed by atoms with Crippen LogP contribution in [0.5, 0.6) is 0 Å². The Bertz CT molecular complexity index is 301. The highest BCUT2D eigenvalue weighted by atomic mass is 15.2. The van der Waals surface area contributed by atoms with Gasteiger partial charge in [-0.15, -0.1) is 0 Å². The van der Waals surface area contributed by atoms with E-state index in [4.69, 9.17) is 0 Å². The third kappa shape index (κ3) is 2.39. The van der Waals surface area contributed by atoms with Crippen LogP contribution in [-0.2, 0) is 0 Å². The minimum atomic E-state index is 0.924. The molecule has 15 heavy (non-hydrogen) atoms. The number of nitrogens with one attached hydrogen (secondary N) is 1. The first-order chi connectivity index (χ1) is 7.29. The fourth-order valence-electron chi connectivity index (χ4n) is 1.79. The van der Waals surface area contributed by atoms with Crippen molar-refractivity contribution in [1.29, 1.82) is 0 Å². The molecule has 2 heterocycles. The fraction of sp³-hybridized carbons (Fsp3) is 0.545. The van der Waals surface area contributed by atoms with Crippen LogP contribution in [0.2, 0.25) is 0 Å². The number of rotatable bonds is 2. The molecule has 1 saturated heterocycles. The second kappa shape index (κ2) is 4.49. The second-order valence-corrected chi connectivity index (χ2v) is 3.94. The number of nitrogens with zero attached hydrogens (tertiary/aromatic N) is 3. The normalized spacial score (nSPS) is 17.9. The summed E-state index contributed by atoms with van der Waals surface area (Å²) in [5, 5.41) is 3.03. The van der Waals surface area contributed by atoms with Crippen LogP contribution in [0.4, 0.5) is 11.5 Å². The van der Waals surface area contributed by atoms with Crippen molar-refractivity contribution >= 4 is 11.5 Å². The van der Waals surface area contributed by atoms with Crippen LogP contribution >= 0.6 is 0 Å². The Balaban J connectivity index is 2.03. The minimum absolute atomic E-state index is 0.924. The molecule has 1 aliphatic rings. The van der Waals surface area contributed by atoms with E-state index >= 15 is 0 Å². The molecule has 0 amide bonds. The molecular formula is C11H18N4. The van der Waals surface area contributed by atoms with E-state index < -0.39 is 0 Å². The molecule has 1 aromatic heterocycles. The van der Waals surface area contributed by atoms with Gasteiger partial charge < -0.3 is 15.1 Å². The van der Waals surface area contributed by atoms with Gasteiger partial charge in [-0.2, -0.15) is 0 Å². The molecule has 0 aromatic carbocycles. The maximum absolute atomic E-state index is 4.33. The van der Waals surface area contributed by atoms with E-state index in [1.807, 2.05) is 19.3 Å². The molecule has 1 aromatic rings. The predicted molar refractivity (Wildman–Crippen MR) is 63.5 cm³/mol. The monoisotopic (exact) mass is 206 g/mol. The van der Waals surface area contributed by atoms with Gasteiger partial charge in [0.2, 0.25) is 0 Å². The zero-order chi connectivity index (χ0) is 10.7. The zero-order valence-corrected chi connectivity index (χ0v) is 9.40. The summed E-state index contributed by atoms with van der Waals surface area (Å²) in [6, 6.07) is 4.15. The van der Waals surface area contributed by atoms with Crippen molar-refractivity contribution in [3.8, 4) is 0 Å². The van der Waals surface area contributed by atoms with Crippen LogP contribution in [0.15, 0.2) is 18.3 Å². The number of likely N-dealkylation sites (N-methyl/N-ethyl adjacent to an activating group) is 1. The number of aromatic nitrogens is 1. The van der Waals surface area contributed by atoms with Crippen LogP contribution < -0.4 is 10.2 Å². The predicted octanol–water partition coefficient (Wildman–Crippen LogP) is 0.875. The molecule has 0 saturated carbocycles. The Kier molecular flexibility index (Phi) is 3.06. The van der Waals surface area contributed by atoms with Crippen LogP contribution in [-0.4, -0.2) is 50.2 Å². The number of hydrogen-bond acceptors (Lipinski definition) is 4. The van der Waals surface area contributed by atoms with Gasteiger partial charge in [-0.3, -0.25) is 0 Å². The lowest BCUT2D eigenvalue weighted by Crippen LogP contribution is -2.44. The summed E-state index contributed by atoms with van der Waals surface area (Å²) in [5.41, 5.74) is 1.22. The Labute approximate surface area is 90.9 Å². The third-order valence-corrected chi connectivity index (χ3v) is 2.87. The summed E-state index contributed by atoms with van der Waals surface area (Å²) in [5.74, 6) is 0.924. The highest BCUT2D eigenvalue weighted by Crippen LogP contribution is 2.16. The number of hydrogen-bond donors (Lipinski definition) is 1. The molecule has 0 unspecified atom stereocenters. The van der Waals surface area contributed by atoms with E-state index in [-0.39, 0.29) is 0 Å². The second-order valence-electron chi connectivity index (χ2n) is 3.94. The Morgan fingerprint density at radius 1 is 1.20 bits per heavy atom. The SMILES string of the molecule is CNc1ccc(N2CCN(C)CC2)cn1. The quantitative estimate of drug-likeness (QED) is 0.778. The average molecular weight is 206 g/mol. The van der Waals surface area contributed by atoms with E-state index in [0.717, 1.165) is 32.0 Å². The summed E-state index contributed by atoms with van der Waals surface area (Å²) < 4.78 is 0. The highest BCUT2D eigenvalue weighted by Gasteiger charge is 2.13. The molecule has 0 atom stereocenters. The molecule has 1 N–H and O–H groups in total. The summed E-state index contributed by atoms with van der Waals surface area (Å²) in [6.07, 6.45) is 1.94. The lowest BCUT2D eigenvalue weighted by molar-refractivity contribution is 0.313. The Morgan fingerprint density at radius 2 is 1.93 bits per heavy atom. The minimum Gasteiger partial charge on any atom is -0.373 e. The summed E-state index contributed by atoms with van der Waals surface area (Å²) in [7, 11) is 4.05. The first kappa shape index (κ1) is 10.2. The Morgan fingerprint density at radius 3 is 2.47 bits per heavy atom. The van der Waals surface area contributed by atoms with Gasteiger partial charge >= 0.3 is 0 Å². The summed E-state index contributed by atoms with van der Waals surface area (Å²) in [6.45, 7) is 4.45. The van der Waals surface area contributed by atoms with Gasteiger partial charge in [0.1, 0.15) is 5.82 Å². The van der Waals surface area contributed by atoms with Gasteiger partial charge in [0.05, 0.1) is 11.9 Å². The topological polar surface area (TPSA) is 31.4 Å². The van der Waals surface area contributed by atoms with Crippen molar-refractivity contribution in [3.63, 3.8) is 0 Å². The van der Waals surface area contributed by atoms with Gasteiger partial charge in [0.25, 0.3) is 0 Å². The molecule has 2 rings (SSSR count). The van der Waals surface area contributed by atoms with Crippen LogP contribution in [0, 0.1) is 0 Å². The molecule has 1 aliphatic heterocycles. The zero-order valence-electron chi connectivity index (χ0n) is 9.40. The van der Waals surface area contributed by atoms with E-state index in [2.05, 4.69) is 33.2 Å². The van der Waals surface area contributed by atoms with Gasteiger partial charge in [-0.05, 0) is 19.2 Å². The summed E-state index contributed by atoms with van der Waals surface area (Å²) >= 11 is 0. The molecule has 0 aliphatic carbocycles. The maximum atomic E-state index is 4.33. The van der Waals surface area contributed by atoms with Crippen molar-refractivity contribution in [1.82, 2.24) is 9.88 Å². The van der Waals surface area contributed by atoms with E-state index in [1.54, 1.807) is 0 Å². The molecular weight excluding hydrogens is 188 g/mol. The molecule has 0 spiro atoms. The molecule has 0 bridgehead atoms. The fourth-order valence-corrected chi connectivity index (χ4v) is 1.79. The van der Waals surface area contributed by atoms with Crippen molar-refractivity contribution in [2.24, 2.45) is 0 Å². The van der Waals surface area contributed by atoms with Crippen LogP contribution in [0.1, 0.15) is 0 Å². The third-order valence-electron chi connectivity index (χ3n) is 2.87. The first-order valence-corrected chi connectivity index (χ1v) is 5.37. The number of pyridine rings is 1. The molecule has 1 fully saturated rings. The molecule has 82 valence electrons. The Hall–Kier alpha value is -1.29. The van der Waals surface area contributed by atoms with E-state index in [0.29, 0.717) is 0 Å². The van der Waals surface area contributed by atoms with Crippen LogP contribution in [0.3, 0.4) is 0 Å². The lowest BCUT2D eigenvalue weighted by atomic mass is 10.3. The lowest BCUT2D eigenvalue weighted by Gasteiger charge is -2.33. The molecule has 0 radical (unpaired) electrons. The van der Waals surface area contributed by atoms with E-state index in [9.17, 15) is 0 Å². The van der Waals surface area contributed by atoms with Crippen molar-refractivity contribution in [3.05, 3.63) is 18.3 Å². The smallest absolute Gasteiger partial charge is 0.125 e. The van der Waals surface area contributed by atoms with Gasteiger partial charge in [-0.25, -0.2) is 4.98 Å². The highest BCUT2D eigenvalue weighted by molar-refractivity contribution is 5.49. The maximum Gasteiger partial charge on any atom is 0.125 e. The van der Waals surface area contributed by atoms with Gasteiger partial charge in [0, 0.05) is 33.2 Å². The number of piperazine rings is 1. The van der Waals surface area contributed by atoms with Crippen molar-refractivity contribution in [2.75, 3.05) is 50.5 Å². The standard InChI is InChI=1S/C11H18N4/c1-12-11-4-3-10(9-13-11)15-7-5-14(2)6-8-15/h3-4,9H,5-8H2,1-2H3,(H,12,13). The van der Waals surface area contributed by atoms with Crippen molar-refractivity contribution in [2.45, 2.75) is 0 Å². The molecule has 4 nitrogen and oxygen atoms in total. The van der Waals surface area contributed by atoms with Gasteiger partial charge in [0.15, 0.2) is 0 Å². The van der Waals surface area contributed by atoms with E-state index in [1.165, 1.54) is 5.69 Å². The van der Waals surface area contributed by atoms with Crippen LogP contribution in [0.25, 0.3) is 0 Å². The largest absolute Gasteiger partial charge is 0.373 e. The van der Waals surface area contributed by atoms with Crippen molar-refractivity contribution < 1.29 is 0 Å². The van der Waals surface area contributed by atoms with Gasteiger partial charge in [-0.1, -0.05) is 0 Å². The summed E-state index contributed by atoms with van der Waals surface area (Å²) in [4.78, 5) is 9.06. The molecule has 4 heteroatoms. The number of anilines is 2. The average Bonchev–Trinajstić information content (AvgIpc) is 2.30. The first-order valence-electron chi connectivity index (χ1n) is 5.37.